The van der Waals surface area contributed by atoms with Crippen LogP contribution in [-0.4, -0.2) is 35.5 Å². The molecule has 1 fully saturated rings. The number of carbonyl (C=O) groups excluding carboxylic acids is 1. The van der Waals surface area contributed by atoms with Crippen molar-refractivity contribution in [2.75, 3.05) is 19.6 Å². The van der Waals surface area contributed by atoms with Gasteiger partial charge in [0.25, 0.3) is 0 Å². The van der Waals surface area contributed by atoms with Crippen LogP contribution in [0.3, 0.4) is 0 Å². The van der Waals surface area contributed by atoms with E-state index in [4.69, 9.17) is 5.73 Å². The number of hydrogen-bond donors (Lipinski definition) is 2. The summed E-state index contributed by atoms with van der Waals surface area (Å²) < 4.78 is 0. The molecule has 1 atom stereocenters. The Morgan fingerprint density at radius 2 is 1.83 bits per heavy atom. The number of rotatable bonds is 6. The third-order valence-corrected chi connectivity index (χ3v) is 5.61. The topological polar surface area (TPSA) is 66.6 Å². The number of aliphatic hydroxyl groups is 1. The quantitative estimate of drug-likeness (QED) is 0.847. The molecule has 1 saturated heterocycles. The molecule has 4 heteroatoms. The highest BCUT2D eigenvalue weighted by Gasteiger charge is 2.38. The van der Waals surface area contributed by atoms with Gasteiger partial charge in [0.2, 0.25) is 5.91 Å². The highest BCUT2D eigenvalue weighted by atomic mass is 16.3. The van der Waals surface area contributed by atoms with E-state index in [0.717, 1.165) is 44.3 Å². The summed E-state index contributed by atoms with van der Waals surface area (Å²) in [6.45, 7) is 5.93. The lowest BCUT2D eigenvalue weighted by Gasteiger charge is -2.40. The van der Waals surface area contributed by atoms with Gasteiger partial charge in [-0.3, -0.25) is 4.79 Å². The molecule has 0 aromatic heterocycles. The van der Waals surface area contributed by atoms with Gasteiger partial charge in [0.05, 0.1) is 11.5 Å². The summed E-state index contributed by atoms with van der Waals surface area (Å²) in [7, 11) is 0. The van der Waals surface area contributed by atoms with Gasteiger partial charge in [0.15, 0.2) is 0 Å². The number of likely N-dealkylation sites (tertiary alicyclic amines) is 1. The second kappa shape index (κ2) is 7.93. The van der Waals surface area contributed by atoms with Gasteiger partial charge in [0.1, 0.15) is 0 Å². The summed E-state index contributed by atoms with van der Waals surface area (Å²) in [5.74, 6) is 0.412. The molecule has 1 aromatic rings. The Morgan fingerprint density at radius 3 is 2.30 bits per heavy atom. The van der Waals surface area contributed by atoms with Crippen molar-refractivity contribution in [3.8, 4) is 0 Å². The van der Waals surface area contributed by atoms with Crippen LogP contribution in [0.15, 0.2) is 30.3 Å². The van der Waals surface area contributed by atoms with Crippen molar-refractivity contribution in [3.05, 3.63) is 35.9 Å². The zero-order chi connectivity index (χ0) is 16.9. The minimum Gasteiger partial charge on any atom is -0.388 e. The maximum absolute atomic E-state index is 12.8. The van der Waals surface area contributed by atoms with Crippen molar-refractivity contribution < 1.29 is 9.90 Å². The molecule has 0 aliphatic carbocycles. The van der Waals surface area contributed by atoms with E-state index in [-0.39, 0.29) is 11.8 Å². The molecule has 1 heterocycles. The number of benzene rings is 1. The van der Waals surface area contributed by atoms with E-state index in [1.165, 1.54) is 0 Å². The third kappa shape index (κ3) is 3.75. The molecule has 1 aliphatic heterocycles. The molecule has 3 N–H and O–H groups in total. The number of amides is 1. The summed E-state index contributed by atoms with van der Waals surface area (Å²) in [5, 5.41) is 10.5. The molecule has 1 aromatic carbocycles. The Morgan fingerprint density at radius 1 is 1.26 bits per heavy atom. The normalized spacial score (nSPS) is 18.0. The lowest BCUT2D eigenvalue weighted by Crippen LogP contribution is -2.50. The molecule has 1 amide bonds. The van der Waals surface area contributed by atoms with E-state index in [1.807, 2.05) is 49.1 Å². The van der Waals surface area contributed by atoms with Crippen LogP contribution in [-0.2, 0) is 4.79 Å². The fourth-order valence-corrected chi connectivity index (χ4v) is 3.60. The van der Waals surface area contributed by atoms with E-state index in [9.17, 15) is 9.90 Å². The second-order valence-electron chi connectivity index (χ2n) is 6.68. The fraction of sp³-hybridized carbons (Fsp3) is 0.632. The monoisotopic (exact) mass is 318 g/mol. The second-order valence-corrected chi connectivity index (χ2v) is 6.68. The molecule has 0 bridgehead atoms. The predicted molar refractivity (Wildman–Crippen MR) is 92.8 cm³/mol. The number of nitrogens with two attached hydrogens (primary N) is 1. The first-order valence-electron chi connectivity index (χ1n) is 8.80. The highest BCUT2D eigenvalue weighted by Crippen LogP contribution is 2.34. The zero-order valence-electron chi connectivity index (χ0n) is 14.4. The number of carbonyl (C=O) groups is 1. The van der Waals surface area contributed by atoms with E-state index in [2.05, 4.69) is 0 Å². The van der Waals surface area contributed by atoms with E-state index < -0.39 is 11.5 Å². The number of hydrogen-bond acceptors (Lipinski definition) is 3. The lowest BCUT2D eigenvalue weighted by molar-refractivity contribution is -0.144. The molecule has 0 radical (unpaired) electrons. The van der Waals surface area contributed by atoms with Gasteiger partial charge in [-0.1, -0.05) is 44.2 Å². The molecule has 2 rings (SSSR count). The SMILES string of the molecule is CCC(CC)(CN)C(=O)N1CCC(C(O)c2ccccc2)CC1. The molecule has 0 saturated carbocycles. The molecular weight excluding hydrogens is 288 g/mol. The first-order chi connectivity index (χ1) is 11.1. The van der Waals surface area contributed by atoms with E-state index in [1.54, 1.807) is 0 Å². The fourth-order valence-electron chi connectivity index (χ4n) is 3.60. The van der Waals surface area contributed by atoms with Crippen molar-refractivity contribution in [1.29, 1.82) is 0 Å². The van der Waals surface area contributed by atoms with Crippen LogP contribution in [0.5, 0.6) is 0 Å². The summed E-state index contributed by atoms with van der Waals surface area (Å²) in [6, 6.07) is 9.80. The smallest absolute Gasteiger partial charge is 0.230 e. The van der Waals surface area contributed by atoms with Crippen molar-refractivity contribution in [1.82, 2.24) is 4.90 Å². The van der Waals surface area contributed by atoms with Gasteiger partial charge in [-0.2, -0.15) is 0 Å². The third-order valence-electron chi connectivity index (χ3n) is 5.61. The maximum Gasteiger partial charge on any atom is 0.230 e. The number of piperidine rings is 1. The van der Waals surface area contributed by atoms with E-state index >= 15 is 0 Å². The molecule has 0 spiro atoms. The molecule has 23 heavy (non-hydrogen) atoms. The van der Waals surface area contributed by atoms with Gasteiger partial charge in [-0.05, 0) is 37.2 Å². The van der Waals surface area contributed by atoms with Crippen molar-refractivity contribution >= 4 is 5.91 Å². The van der Waals surface area contributed by atoms with Crippen LogP contribution in [0.1, 0.15) is 51.2 Å². The summed E-state index contributed by atoms with van der Waals surface area (Å²) in [6.07, 6.45) is 2.81. The maximum atomic E-state index is 12.8. The number of aliphatic hydroxyl groups excluding tert-OH is 1. The molecule has 1 aliphatic rings. The minimum atomic E-state index is -0.440. The van der Waals surface area contributed by atoms with Crippen LogP contribution in [0.25, 0.3) is 0 Å². The summed E-state index contributed by atoms with van der Waals surface area (Å²) in [5.41, 5.74) is 6.46. The number of nitrogens with zero attached hydrogens (tertiary/aromatic N) is 1. The van der Waals surface area contributed by atoms with Crippen LogP contribution < -0.4 is 5.73 Å². The van der Waals surface area contributed by atoms with E-state index in [0.29, 0.717) is 6.54 Å². The highest BCUT2D eigenvalue weighted by molar-refractivity contribution is 5.83. The Bertz CT molecular complexity index is 483. The average Bonchev–Trinajstić information content (AvgIpc) is 2.64. The van der Waals surface area contributed by atoms with Gasteiger partial charge < -0.3 is 15.7 Å². The predicted octanol–water partition coefficient (Wildman–Crippen LogP) is 2.72. The Labute approximate surface area is 139 Å². The van der Waals surface area contributed by atoms with Crippen molar-refractivity contribution in [2.24, 2.45) is 17.1 Å². The zero-order valence-corrected chi connectivity index (χ0v) is 14.4. The Hall–Kier alpha value is -1.39. The van der Waals surface area contributed by atoms with Crippen molar-refractivity contribution in [3.63, 3.8) is 0 Å². The largest absolute Gasteiger partial charge is 0.388 e. The van der Waals surface area contributed by atoms with Crippen LogP contribution in [0.2, 0.25) is 0 Å². The Balaban J connectivity index is 1.97. The van der Waals surface area contributed by atoms with Crippen LogP contribution in [0, 0.1) is 11.3 Å². The average molecular weight is 318 g/mol. The van der Waals surface area contributed by atoms with Gasteiger partial charge in [0, 0.05) is 19.6 Å². The summed E-state index contributed by atoms with van der Waals surface area (Å²) in [4.78, 5) is 14.8. The van der Waals surface area contributed by atoms with Gasteiger partial charge in [-0.15, -0.1) is 0 Å². The first kappa shape index (κ1) is 18.0. The van der Waals surface area contributed by atoms with Crippen LogP contribution in [0.4, 0.5) is 0 Å². The Kier molecular flexibility index (Phi) is 6.19. The molecule has 128 valence electrons. The van der Waals surface area contributed by atoms with Gasteiger partial charge in [-0.25, -0.2) is 0 Å². The molecule has 1 unspecified atom stereocenters. The van der Waals surface area contributed by atoms with Crippen molar-refractivity contribution in [2.45, 2.75) is 45.6 Å². The molecule has 4 nitrogen and oxygen atoms in total. The van der Waals surface area contributed by atoms with Crippen LogP contribution >= 0.6 is 0 Å². The standard InChI is InChI=1S/C19H30N2O2/c1-3-19(4-2,14-20)18(23)21-12-10-16(11-13-21)17(22)15-8-6-5-7-9-15/h5-9,16-17,22H,3-4,10-14,20H2,1-2H3. The molecular formula is C19H30N2O2. The lowest BCUT2D eigenvalue weighted by atomic mass is 9.79. The first-order valence-corrected chi connectivity index (χ1v) is 8.80. The minimum absolute atomic E-state index is 0.192. The summed E-state index contributed by atoms with van der Waals surface area (Å²) >= 11 is 0. The van der Waals surface area contributed by atoms with Gasteiger partial charge >= 0.3 is 0 Å².